The summed E-state index contributed by atoms with van der Waals surface area (Å²) in [6, 6.07) is 14.0. The van der Waals surface area contributed by atoms with E-state index in [1.54, 1.807) is 35.7 Å². The number of nitrogens with zero attached hydrogens (tertiary/aromatic N) is 4. The predicted octanol–water partition coefficient (Wildman–Crippen LogP) is 3.84. The molecular formula is C18H15FN4OS. The van der Waals surface area contributed by atoms with E-state index in [-0.39, 0.29) is 11.1 Å². The van der Waals surface area contributed by atoms with Gasteiger partial charge in [0, 0.05) is 5.56 Å². The summed E-state index contributed by atoms with van der Waals surface area (Å²) >= 11 is 1.58. The molecule has 0 unspecified atom stereocenters. The zero-order valence-electron chi connectivity index (χ0n) is 13.7. The average molecular weight is 354 g/mol. The Labute approximate surface area is 148 Å². The van der Waals surface area contributed by atoms with Crippen LogP contribution in [-0.4, -0.2) is 32.9 Å². The highest BCUT2D eigenvalue weighted by atomic mass is 32.2. The van der Waals surface area contributed by atoms with E-state index in [4.69, 9.17) is 9.84 Å². The van der Waals surface area contributed by atoms with Gasteiger partial charge in [0.15, 0.2) is 5.82 Å². The van der Waals surface area contributed by atoms with Crippen molar-refractivity contribution in [1.29, 1.82) is 0 Å². The molecule has 2 aromatic carbocycles. The largest absolute Gasteiger partial charge is 0.497 e. The highest BCUT2D eigenvalue weighted by Gasteiger charge is 2.26. The number of rotatable bonds is 3. The fourth-order valence-corrected chi connectivity index (χ4v) is 3.59. The molecule has 1 aliphatic rings. The van der Waals surface area contributed by atoms with Gasteiger partial charge in [-0.1, -0.05) is 23.9 Å². The topological polar surface area (TPSA) is 52.3 Å². The van der Waals surface area contributed by atoms with Gasteiger partial charge in [-0.15, -0.1) is 10.2 Å². The molecule has 1 aromatic heterocycles. The van der Waals surface area contributed by atoms with Gasteiger partial charge in [-0.2, -0.15) is 9.78 Å². The molecule has 0 fully saturated rings. The summed E-state index contributed by atoms with van der Waals surface area (Å²) in [4.78, 5) is 0. The van der Waals surface area contributed by atoms with Crippen LogP contribution in [0, 0.1) is 5.82 Å². The number of ether oxygens (including phenoxy) is 1. The van der Waals surface area contributed by atoms with Crippen LogP contribution in [0.3, 0.4) is 0 Å². The third-order valence-corrected chi connectivity index (χ3v) is 5.02. The fourth-order valence-electron chi connectivity index (χ4n) is 2.67. The molecular weight excluding hydrogens is 339 g/mol. The summed E-state index contributed by atoms with van der Waals surface area (Å²) in [5.41, 5.74) is 2.66. The fraction of sp³-hybridized carbons (Fsp3) is 0.167. The first-order valence-corrected chi connectivity index (χ1v) is 8.65. The highest BCUT2D eigenvalue weighted by Crippen LogP contribution is 2.33. The van der Waals surface area contributed by atoms with Gasteiger partial charge >= 0.3 is 0 Å². The zero-order valence-corrected chi connectivity index (χ0v) is 14.5. The van der Waals surface area contributed by atoms with Gasteiger partial charge in [-0.05, 0) is 48.9 Å². The van der Waals surface area contributed by atoms with Crippen LogP contribution < -0.4 is 4.74 Å². The first-order valence-electron chi connectivity index (χ1n) is 7.77. The Bertz CT molecular complexity index is 935. The Hall–Kier alpha value is -2.67. The minimum atomic E-state index is -0.260. The molecule has 0 saturated heterocycles. The molecule has 5 nitrogen and oxygen atoms in total. The number of methoxy groups -OCH3 is 1. The standard InChI is InChI=1S/C18H15FN4OS/c1-11-16(12-3-7-14(19)8-4-12)22-23-17(20-21-18(23)25-11)13-5-9-15(24-2)10-6-13/h3-11H,1-2H3/t11-/m1/s1. The van der Waals surface area contributed by atoms with E-state index in [1.807, 2.05) is 24.3 Å². The second-order valence-corrected chi connectivity index (χ2v) is 6.91. The van der Waals surface area contributed by atoms with Gasteiger partial charge in [0.2, 0.25) is 5.16 Å². The molecule has 0 N–H and O–H groups in total. The van der Waals surface area contributed by atoms with Crippen molar-refractivity contribution >= 4 is 17.5 Å². The predicted molar refractivity (Wildman–Crippen MR) is 95.7 cm³/mol. The molecule has 2 heterocycles. The zero-order chi connectivity index (χ0) is 17.4. The van der Waals surface area contributed by atoms with Crippen molar-refractivity contribution in [3.8, 4) is 17.1 Å². The molecule has 0 radical (unpaired) electrons. The lowest BCUT2D eigenvalue weighted by atomic mass is 10.1. The maximum atomic E-state index is 13.2. The van der Waals surface area contributed by atoms with E-state index in [0.717, 1.165) is 27.7 Å². The molecule has 126 valence electrons. The van der Waals surface area contributed by atoms with Gasteiger partial charge in [0.05, 0.1) is 18.1 Å². The van der Waals surface area contributed by atoms with Gasteiger partial charge in [-0.25, -0.2) is 4.39 Å². The van der Waals surface area contributed by atoms with Gasteiger partial charge < -0.3 is 4.74 Å². The number of halogens is 1. The molecule has 1 aliphatic heterocycles. The van der Waals surface area contributed by atoms with E-state index in [2.05, 4.69) is 17.1 Å². The van der Waals surface area contributed by atoms with E-state index in [9.17, 15) is 4.39 Å². The third kappa shape index (κ3) is 2.91. The van der Waals surface area contributed by atoms with Gasteiger partial charge in [0.25, 0.3) is 0 Å². The van der Waals surface area contributed by atoms with Crippen LogP contribution in [0.4, 0.5) is 4.39 Å². The summed E-state index contributed by atoms with van der Waals surface area (Å²) in [5, 5.41) is 14.1. The number of aromatic nitrogens is 3. The first kappa shape index (κ1) is 15.8. The van der Waals surface area contributed by atoms with E-state index in [0.29, 0.717) is 5.82 Å². The summed E-state index contributed by atoms with van der Waals surface area (Å²) in [6.07, 6.45) is 0. The van der Waals surface area contributed by atoms with Crippen molar-refractivity contribution in [3.63, 3.8) is 0 Å². The summed E-state index contributed by atoms with van der Waals surface area (Å²) < 4.78 is 20.1. The SMILES string of the molecule is COc1ccc(-c2nnc3n2N=C(c2ccc(F)cc2)[C@@H](C)S3)cc1. The Kier molecular flexibility index (Phi) is 4.01. The number of fused-ring (bicyclic) bond motifs is 1. The molecule has 0 spiro atoms. The van der Waals surface area contributed by atoms with Crippen LogP contribution in [0.15, 0.2) is 58.8 Å². The highest BCUT2D eigenvalue weighted by molar-refractivity contribution is 8.00. The first-order chi connectivity index (χ1) is 12.2. The number of benzene rings is 2. The van der Waals surface area contributed by atoms with Gasteiger partial charge in [-0.3, -0.25) is 0 Å². The Balaban J connectivity index is 1.78. The number of hydrogen-bond donors (Lipinski definition) is 0. The Morgan fingerprint density at radius 2 is 1.68 bits per heavy atom. The van der Waals surface area contributed by atoms with Crippen LogP contribution in [0.25, 0.3) is 11.4 Å². The molecule has 0 aliphatic carbocycles. The monoisotopic (exact) mass is 354 g/mol. The average Bonchev–Trinajstić information content (AvgIpc) is 3.04. The smallest absolute Gasteiger partial charge is 0.213 e. The summed E-state index contributed by atoms with van der Waals surface area (Å²) in [6.45, 7) is 2.05. The van der Waals surface area contributed by atoms with Crippen LogP contribution in [-0.2, 0) is 0 Å². The molecule has 0 amide bonds. The van der Waals surface area contributed by atoms with Crippen molar-refractivity contribution in [2.24, 2.45) is 5.10 Å². The van der Waals surface area contributed by atoms with E-state index in [1.165, 1.54) is 12.1 Å². The summed E-state index contributed by atoms with van der Waals surface area (Å²) in [5.74, 6) is 1.18. The Morgan fingerprint density at radius 3 is 2.36 bits per heavy atom. The minimum absolute atomic E-state index is 0.103. The van der Waals surface area contributed by atoms with Crippen LogP contribution in [0.1, 0.15) is 12.5 Å². The molecule has 25 heavy (non-hydrogen) atoms. The van der Waals surface area contributed by atoms with Crippen LogP contribution in [0.5, 0.6) is 5.75 Å². The van der Waals surface area contributed by atoms with Crippen molar-refractivity contribution in [2.45, 2.75) is 17.3 Å². The number of hydrogen-bond acceptors (Lipinski definition) is 5. The molecule has 0 bridgehead atoms. The summed E-state index contributed by atoms with van der Waals surface area (Å²) in [7, 11) is 1.63. The molecule has 3 aromatic rings. The second kappa shape index (κ2) is 6.33. The van der Waals surface area contributed by atoms with Crippen molar-refractivity contribution < 1.29 is 9.13 Å². The van der Waals surface area contributed by atoms with Gasteiger partial charge in [0.1, 0.15) is 11.6 Å². The minimum Gasteiger partial charge on any atom is -0.497 e. The molecule has 1 atom stereocenters. The van der Waals surface area contributed by atoms with Crippen LogP contribution in [0.2, 0.25) is 0 Å². The molecule has 4 rings (SSSR count). The van der Waals surface area contributed by atoms with Crippen molar-refractivity contribution in [2.75, 3.05) is 7.11 Å². The lowest BCUT2D eigenvalue weighted by Gasteiger charge is -2.20. The Morgan fingerprint density at radius 1 is 1.00 bits per heavy atom. The molecule has 0 saturated carbocycles. The maximum Gasteiger partial charge on any atom is 0.213 e. The van der Waals surface area contributed by atoms with Crippen LogP contribution >= 0.6 is 11.8 Å². The lowest BCUT2D eigenvalue weighted by molar-refractivity contribution is 0.415. The van der Waals surface area contributed by atoms with Crippen molar-refractivity contribution in [3.05, 3.63) is 59.9 Å². The van der Waals surface area contributed by atoms with E-state index < -0.39 is 0 Å². The lowest BCUT2D eigenvalue weighted by Crippen LogP contribution is -2.21. The van der Waals surface area contributed by atoms with Crippen molar-refractivity contribution in [1.82, 2.24) is 14.9 Å². The quantitative estimate of drug-likeness (QED) is 0.717. The number of thioether (sulfide) groups is 1. The molecule has 7 heteroatoms. The second-order valence-electron chi connectivity index (χ2n) is 5.60. The van der Waals surface area contributed by atoms with E-state index >= 15 is 0 Å². The third-order valence-electron chi connectivity index (χ3n) is 3.98. The normalized spacial score (nSPS) is 16.3. The maximum absolute atomic E-state index is 13.2.